The fraction of sp³-hybridized carbons (Fsp3) is 1.00. The summed E-state index contributed by atoms with van der Waals surface area (Å²) in [6, 6.07) is 0. The van der Waals surface area contributed by atoms with Gasteiger partial charge < -0.3 is 20.9 Å². The molecule has 0 spiro atoms. The average Bonchev–Trinajstić information content (AvgIpc) is 2.15. The Hall–Kier alpha value is -0.160. The summed E-state index contributed by atoms with van der Waals surface area (Å²) in [5, 5.41) is 3.10. The van der Waals surface area contributed by atoms with Crippen LogP contribution in [0.2, 0.25) is 0 Å². The van der Waals surface area contributed by atoms with Gasteiger partial charge in [0.2, 0.25) is 0 Å². The van der Waals surface area contributed by atoms with Gasteiger partial charge in [-0.05, 0) is 74.3 Å². The highest BCUT2D eigenvalue weighted by atomic mass is 15.1. The molecule has 0 amide bonds. The summed E-state index contributed by atoms with van der Waals surface area (Å²) < 4.78 is 0. The van der Waals surface area contributed by atoms with E-state index in [0.717, 1.165) is 26.1 Å². The lowest BCUT2D eigenvalue weighted by atomic mass is 10.4. The maximum absolute atomic E-state index is 5.25. The molecule has 3 N–H and O–H groups in total. The van der Waals surface area contributed by atoms with Crippen LogP contribution in [0.4, 0.5) is 0 Å². The Kier molecular flexibility index (Phi) is 15.9. The minimum absolute atomic E-state index is 0.804. The molecule has 0 radical (unpaired) electrons. The molecule has 0 fully saturated rings. The third kappa shape index (κ3) is 24.8. The quantitative estimate of drug-likeness (QED) is 0.593. The second-order valence-corrected chi connectivity index (χ2v) is 4.21. The molecule has 15 heavy (non-hydrogen) atoms. The van der Waals surface area contributed by atoms with Crippen LogP contribution in [0.3, 0.4) is 0 Å². The molecule has 0 saturated heterocycles. The highest BCUT2D eigenvalue weighted by Gasteiger charge is 1.86. The van der Waals surface area contributed by atoms with Gasteiger partial charge in [-0.2, -0.15) is 0 Å². The monoisotopic (exact) mass is 218 g/mol. The van der Waals surface area contributed by atoms with Crippen molar-refractivity contribution in [3.05, 3.63) is 0 Å². The summed E-state index contributed by atoms with van der Waals surface area (Å²) in [6.45, 7) is 4.22. The van der Waals surface area contributed by atoms with Gasteiger partial charge >= 0.3 is 0 Å². The van der Waals surface area contributed by atoms with Crippen LogP contribution in [0.25, 0.3) is 0 Å². The molecule has 4 nitrogen and oxygen atoms in total. The molecule has 0 heterocycles. The topological polar surface area (TPSA) is 44.5 Å². The van der Waals surface area contributed by atoms with Gasteiger partial charge in [0.15, 0.2) is 0 Å². The van der Waals surface area contributed by atoms with Crippen LogP contribution in [0.5, 0.6) is 0 Å². The zero-order valence-electron chi connectivity index (χ0n) is 11.2. The van der Waals surface area contributed by atoms with Crippen LogP contribution in [-0.4, -0.2) is 71.2 Å². The number of hydrogen-bond acceptors (Lipinski definition) is 4. The third-order valence-corrected chi connectivity index (χ3v) is 1.84. The molecular formula is C11H30N4. The van der Waals surface area contributed by atoms with E-state index in [1.165, 1.54) is 13.0 Å². The minimum atomic E-state index is 0.804. The summed E-state index contributed by atoms with van der Waals surface area (Å²) in [4.78, 5) is 4.32. The smallest absolute Gasteiger partial charge is 0.00127 e. The van der Waals surface area contributed by atoms with Crippen LogP contribution in [0.1, 0.15) is 12.8 Å². The van der Waals surface area contributed by atoms with Crippen molar-refractivity contribution in [1.29, 1.82) is 0 Å². The standard InChI is InChI=1S/C6H16N2.C5H14N2/c1-7-5-4-6-8(2)3;1-7(2)5-3-4-6/h7H,4-6H2,1-3H3;3-6H2,1-2H3. The number of nitrogens with one attached hydrogen (secondary N) is 1. The van der Waals surface area contributed by atoms with Crippen molar-refractivity contribution in [2.24, 2.45) is 5.73 Å². The van der Waals surface area contributed by atoms with Gasteiger partial charge in [-0.1, -0.05) is 0 Å². The summed E-state index contributed by atoms with van der Waals surface area (Å²) in [5.74, 6) is 0. The Morgan fingerprint density at radius 3 is 1.67 bits per heavy atom. The summed E-state index contributed by atoms with van der Waals surface area (Å²) in [6.07, 6.45) is 2.34. The van der Waals surface area contributed by atoms with E-state index < -0.39 is 0 Å². The Balaban J connectivity index is 0. The highest BCUT2D eigenvalue weighted by molar-refractivity contribution is 4.45. The van der Waals surface area contributed by atoms with E-state index in [9.17, 15) is 0 Å². The molecule has 0 saturated carbocycles. The number of rotatable bonds is 7. The lowest BCUT2D eigenvalue weighted by Gasteiger charge is -2.07. The largest absolute Gasteiger partial charge is 0.330 e. The maximum atomic E-state index is 5.25. The number of nitrogens with two attached hydrogens (primary N) is 1. The predicted molar refractivity (Wildman–Crippen MR) is 69.3 cm³/mol. The van der Waals surface area contributed by atoms with Crippen LogP contribution < -0.4 is 11.1 Å². The number of nitrogens with zero attached hydrogens (tertiary/aromatic N) is 2. The van der Waals surface area contributed by atoms with Crippen molar-refractivity contribution in [3.63, 3.8) is 0 Å². The van der Waals surface area contributed by atoms with Gasteiger partial charge in [-0.3, -0.25) is 0 Å². The molecule has 4 heteroatoms. The van der Waals surface area contributed by atoms with Crippen molar-refractivity contribution >= 4 is 0 Å². The minimum Gasteiger partial charge on any atom is -0.330 e. The molecule has 0 aromatic rings. The summed E-state index contributed by atoms with van der Waals surface area (Å²) >= 11 is 0. The first-order valence-corrected chi connectivity index (χ1v) is 5.68. The average molecular weight is 218 g/mol. The molecule has 94 valence electrons. The van der Waals surface area contributed by atoms with E-state index in [1.807, 2.05) is 7.05 Å². The second kappa shape index (κ2) is 13.8. The lowest BCUT2D eigenvalue weighted by Crippen LogP contribution is -2.18. The van der Waals surface area contributed by atoms with E-state index in [2.05, 4.69) is 43.3 Å². The molecule has 0 rings (SSSR count). The molecule has 0 aromatic carbocycles. The van der Waals surface area contributed by atoms with E-state index in [-0.39, 0.29) is 0 Å². The van der Waals surface area contributed by atoms with Gasteiger partial charge in [0.05, 0.1) is 0 Å². The van der Waals surface area contributed by atoms with Crippen LogP contribution in [-0.2, 0) is 0 Å². The first kappa shape index (κ1) is 17.2. The summed E-state index contributed by atoms with van der Waals surface area (Å²) in [5.41, 5.74) is 5.25. The Bertz CT molecular complexity index is 105. The predicted octanol–water partition coefficient (Wildman–Crippen LogP) is 0.0543. The van der Waals surface area contributed by atoms with Crippen molar-refractivity contribution in [2.75, 3.05) is 61.4 Å². The Labute approximate surface area is 95.8 Å². The molecular weight excluding hydrogens is 188 g/mol. The van der Waals surface area contributed by atoms with Crippen LogP contribution >= 0.6 is 0 Å². The van der Waals surface area contributed by atoms with E-state index >= 15 is 0 Å². The molecule has 0 aromatic heterocycles. The second-order valence-electron chi connectivity index (χ2n) is 4.21. The van der Waals surface area contributed by atoms with Gasteiger partial charge in [0.1, 0.15) is 0 Å². The first-order chi connectivity index (χ1) is 7.04. The SMILES string of the molecule is CN(C)CCCN.CNCCCN(C)C. The van der Waals surface area contributed by atoms with Crippen molar-refractivity contribution < 1.29 is 0 Å². The first-order valence-electron chi connectivity index (χ1n) is 5.68. The fourth-order valence-electron chi connectivity index (χ4n) is 0.980. The molecule has 0 atom stereocenters. The van der Waals surface area contributed by atoms with Crippen molar-refractivity contribution in [1.82, 2.24) is 15.1 Å². The number of hydrogen-bond donors (Lipinski definition) is 2. The molecule has 0 aliphatic carbocycles. The third-order valence-electron chi connectivity index (χ3n) is 1.84. The molecule has 0 unspecified atom stereocenters. The maximum Gasteiger partial charge on any atom is -0.00127 e. The van der Waals surface area contributed by atoms with Crippen molar-refractivity contribution in [2.45, 2.75) is 12.8 Å². The van der Waals surface area contributed by atoms with Gasteiger partial charge in [-0.15, -0.1) is 0 Å². The van der Waals surface area contributed by atoms with Crippen LogP contribution in [0.15, 0.2) is 0 Å². The zero-order chi connectivity index (χ0) is 12.1. The Morgan fingerprint density at radius 1 is 0.933 bits per heavy atom. The Morgan fingerprint density at radius 2 is 1.40 bits per heavy atom. The van der Waals surface area contributed by atoms with E-state index in [1.54, 1.807) is 0 Å². The fourth-order valence-corrected chi connectivity index (χ4v) is 0.980. The van der Waals surface area contributed by atoms with Crippen LogP contribution in [0, 0.1) is 0 Å². The van der Waals surface area contributed by atoms with E-state index in [0.29, 0.717) is 0 Å². The molecule has 0 aliphatic rings. The van der Waals surface area contributed by atoms with Gasteiger partial charge in [-0.25, -0.2) is 0 Å². The van der Waals surface area contributed by atoms with E-state index in [4.69, 9.17) is 5.73 Å². The normalized spacial score (nSPS) is 10.4. The highest BCUT2D eigenvalue weighted by Crippen LogP contribution is 1.78. The summed E-state index contributed by atoms with van der Waals surface area (Å²) in [7, 11) is 10.3. The van der Waals surface area contributed by atoms with Gasteiger partial charge in [0, 0.05) is 0 Å². The lowest BCUT2D eigenvalue weighted by molar-refractivity contribution is 0.397. The molecule has 0 bridgehead atoms. The molecule has 0 aliphatic heterocycles. The van der Waals surface area contributed by atoms with Crippen molar-refractivity contribution in [3.8, 4) is 0 Å². The zero-order valence-corrected chi connectivity index (χ0v) is 11.2. The van der Waals surface area contributed by atoms with Gasteiger partial charge in [0.25, 0.3) is 0 Å².